The fraction of sp³-hybridized carbons (Fsp3) is 0.391. The number of likely N-dealkylation sites (tertiary alicyclic amines) is 1. The molecule has 2 saturated heterocycles. The molecule has 2 heterocycles. The lowest BCUT2D eigenvalue weighted by atomic mass is 10.1. The summed E-state index contributed by atoms with van der Waals surface area (Å²) in [5.74, 6) is -0.359. The van der Waals surface area contributed by atoms with E-state index in [-0.39, 0.29) is 18.4 Å². The summed E-state index contributed by atoms with van der Waals surface area (Å²) in [7, 11) is 0. The van der Waals surface area contributed by atoms with Crippen LogP contribution in [0.15, 0.2) is 54.6 Å². The van der Waals surface area contributed by atoms with Gasteiger partial charge in [0, 0.05) is 51.0 Å². The zero-order valence-corrected chi connectivity index (χ0v) is 17.7. The molecule has 0 aromatic heterocycles. The minimum Gasteiger partial charge on any atom is -0.369 e. The standard InChI is InChI=1S/C23H27ClN4O2/c24-21-9-5-4-8-20(21)23(30)25-16-22(29)28-11-10-19(17-28)27-14-12-26(13-15-27)18-6-2-1-3-7-18/h1-9,19H,10-17H2,(H,25,30). The van der Waals surface area contributed by atoms with Gasteiger partial charge >= 0.3 is 0 Å². The van der Waals surface area contributed by atoms with Gasteiger partial charge in [-0.3, -0.25) is 14.5 Å². The molecule has 2 aromatic rings. The maximum absolute atomic E-state index is 12.6. The SMILES string of the molecule is O=C(NCC(=O)N1CCC(N2CCN(c3ccccc3)CC2)C1)c1ccccc1Cl. The Balaban J connectivity index is 1.23. The lowest BCUT2D eigenvalue weighted by molar-refractivity contribution is -0.129. The van der Waals surface area contributed by atoms with E-state index >= 15 is 0 Å². The number of hydrogen-bond acceptors (Lipinski definition) is 4. The second-order valence-corrected chi connectivity index (χ2v) is 8.21. The van der Waals surface area contributed by atoms with Gasteiger partial charge in [0.2, 0.25) is 5.91 Å². The van der Waals surface area contributed by atoms with Gasteiger partial charge in [0.1, 0.15) is 0 Å². The van der Waals surface area contributed by atoms with Crippen LogP contribution >= 0.6 is 11.6 Å². The van der Waals surface area contributed by atoms with Crippen molar-refractivity contribution in [3.05, 3.63) is 65.2 Å². The van der Waals surface area contributed by atoms with Crippen molar-refractivity contribution in [2.45, 2.75) is 12.5 Å². The van der Waals surface area contributed by atoms with E-state index in [1.165, 1.54) is 5.69 Å². The monoisotopic (exact) mass is 426 g/mol. The first-order valence-electron chi connectivity index (χ1n) is 10.5. The summed E-state index contributed by atoms with van der Waals surface area (Å²) < 4.78 is 0. The maximum Gasteiger partial charge on any atom is 0.253 e. The number of piperazine rings is 1. The molecule has 2 aliphatic heterocycles. The van der Waals surface area contributed by atoms with Crippen LogP contribution in [0.1, 0.15) is 16.8 Å². The van der Waals surface area contributed by atoms with Crippen molar-refractivity contribution < 1.29 is 9.59 Å². The fourth-order valence-corrected chi connectivity index (χ4v) is 4.48. The molecule has 0 aliphatic carbocycles. The molecule has 158 valence electrons. The van der Waals surface area contributed by atoms with E-state index in [0.29, 0.717) is 16.6 Å². The minimum atomic E-state index is -0.318. The van der Waals surface area contributed by atoms with Gasteiger partial charge in [-0.2, -0.15) is 0 Å². The molecular weight excluding hydrogens is 400 g/mol. The molecule has 0 saturated carbocycles. The highest BCUT2D eigenvalue weighted by atomic mass is 35.5. The fourth-order valence-electron chi connectivity index (χ4n) is 4.26. The number of para-hydroxylation sites is 1. The van der Waals surface area contributed by atoms with Gasteiger partial charge in [-0.05, 0) is 30.7 Å². The first-order valence-corrected chi connectivity index (χ1v) is 10.8. The van der Waals surface area contributed by atoms with Crippen LogP contribution < -0.4 is 10.2 Å². The van der Waals surface area contributed by atoms with E-state index in [9.17, 15) is 9.59 Å². The highest BCUT2D eigenvalue weighted by Gasteiger charge is 2.32. The van der Waals surface area contributed by atoms with Crippen molar-refractivity contribution in [2.75, 3.05) is 50.7 Å². The van der Waals surface area contributed by atoms with Crippen molar-refractivity contribution >= 4 is 29.1 Å². The Kier molecular flexibility index (Phi) is 6.55. The predicted octanol–water partition coefficient (Wildman–Crippen LogP) is 2.49. The van der Waals surface area contributed by atoms with E-state index in [0.717, 1.165) is 45.7 Å². The summed E-state index contributed by atoms with van der Waals surface area (Å²) in [6.07, 6.45) is 0.982. The number of benzene rings is 2. The van der Waals surface area contributed by atoms with Crippen molar-refractivity contribution in [3.63, 3.8) is 0 Å². The van der Waals surface area contributed by atoms with E-state index in [2.05, 4.69) is 39.4 Å². The van der Waals surface area contributed by atoms with E-state index in [4.69, 9.17) is 11.6 Å². The van der Waals surface area contributed by atoms with Crippen LogP contribution in [0.5, 0.6) is 0 Å². The molecule has 1 unspecified atom stereocenters. The van der Waals surface area contributed by atoms with Gasteiger partial charge < -0.3 is 15.1 Å². The van der Waals surface area contributed by atoms with Crippen LogP contribution in [0.2, 0.25) is 5.02 Å². The number of carbonyl (C=O) groups excluding carboxylic acids is 2. The Morgan fingerprint density at radius 2 is 1.63 bits per heavy atom. The zero-order chi connectivity index (χ0) is 20.9. The molecule has 0 radical (unpaired) electrons. The highest BCUT2D eigenvalue weighted by Crippen LogP contribution is 2.21. The van der Waals surface area contributed by atoms with Gasteiger partial charge in [0.25, 0.3) is 5.91 Å². The van der Waals surface area contributed by atoms with Gasteiger partial charge in [0.05, 0.1) is 17.1 Å². The molecule has 1 atom stereocenters. The lowest BCUT2D eigenvalue weighted by Gasteiger charge is -2.39. The van der Waals surface area contributed by atoms with Gasteiger partial charge in [-0.25, -0.2) is 0 Å². The number of nitrogens with zero attached hydrogens (tertiary/aromatic N) is 3. The maximum atomic E-state index is 12.6. The van der Waals surface area contributed by atoms with Crippen LogP contribution in [0.3, 0.4) is 0 Å². The number of hydrogen-bond donors (Lipinski definition) is 1. The van der Waals surface area contributed by atoms with E-state index in [1.807, 2.05) is 11.0 Å². The normalized spacial score (nSPS) is 19.7. The summed E-state index contributed by atoms with van der Waals surface area (Å²) >= 11 is 6.05. The van der Waals surface area contributed by atoms with E-state index in [1.54, 1.807) is 24.3 Å². The molecule has 30 heavy (non-hydrogen) atoms. The van der Waals surface area contributed by atoms with Crippen LogP contribution in [0, 0.1) is 0 Å². The number of nitrogens with one attached hydrogen (secondary N) is 1. The Bertz CT molecular complexity index is 884. The Morgan fingerprint density at radius 3 is 2.37 bits per heavy atom. The minimum absolute atomic E-state index is 0.00143. The smallest absolute Gasteiger partial charge is 0.253 e. The Labute approximate surface area is 182 Å². The summed E-state index contributed by atoms with van der Waals surface area (Å²) in [5.41, 5.74) is 1.66. The molecule has 2 aliphatic rings. The van der Waals surface area contributed by atoms with Gasteiger partial charge in [0.15, 0.2) is 0 Å². The van der Waals surface area contributed by atoms with Gasteiger partial charge in [-0.1, -0.05) is 41.9 Å². The predicted molar refractivity (Wildman–Crippen MR) is 119 cm³/mol. The van der Waals surface area contributed by atoms with Crippen LogP contribution in [-0.4, -0.2) is 73.5 Å². The molecule has 4 rings (SSSR count). The molecule has 2 amide bonds. The van der Waals surface area contributed by atoms with Crippen LogP contribution in [0.4, 0.5) is 5.69 Å². The third kappa shape index (κ3) is 4.77. The molecule has 2 aromatic carbocycles. The Hall–Kier alpha value is -2.57. The molecule has 6 nitrogen and oxygen atoms in total. The molecule has 0 spiro atoms. The average molecular weight is 427 g/mol. The average Bonchev–Trinajstić information content (AvgIpc) is 3.29. The summed E-state index contributed by atoms with van der Waals surface area (Å²) in [5, 5.41) is 3.09. The molecule has 2 fully saturated rings. The number of anilines is 1. The van der Waals surface area contributed by atoms with E-state index < -0.39 is 0 Å². The van der Waals surface area contributed by atoms with Crippen molar-refractivity contribution in [3.8, 4) is 0 Å². The number of halogens is 1. The summed E-state index contributed by atoms with van der Waals surface area (Å²) in [6, 6.07) is 17.8. The topological polar surface area (TPSA) is 55.9 Å². The second-order valence-electron chi connectivity index (χ2n) is 7.80. The van der Waals surface area contributed by atoms with Crippen molar-refractivity contribution in [2.24, 2.45) is 0 Å². The number of amides is 2. The largest absolute Gasteiger partial charge is 0.369 e. The van der Waals surface area contributed by atoms with Crippen molar-refractivity contribution in [1.29, 1.82) is 0 Å². The van der Waals surface area contributed by atoms with Crippen molar-refractivity contribution in [1.82, 2.24) is 15.1 Å². The summed E-state index contributed by atoms with van der Waals surface area (Å²) in [4.78, 5) is 31.6. The molecule has 1 N–H and O–H groups in total. The first kappa shape index (κ1) is 20.7. The van der Waals surface area contributed by atoms with Crippen LogP contribution in [0.25, 0.3) is 0 Å². The van der Waals surface area contributed by atoms with Crippen LogP contribution in [-0.2, 0) is 4.79 Å². The molecule has 0 bridgehead atoms. The third-order valence-corrected chi connectivity index (χ3v) is 6.32. The second kappa shape index (κ2) is 9.49. The highest BCUT2D eigenvalue weighted by molar-refractivity contribution is 6.33. The molecule has 7 heteroatoms. The zero-order valence-electron chi connectivity index (χ0n) is 17.0. The number of rotatable bonds is 5. The Morgan fingerprint density at radius 1 is 0.933 bits per heavy atom. The number of carbonyl (C=O) groups is 2. The van der Waals surface area contributed by atoms with Gasteiger partial charge in [-0.15, -0.1) is 0 Å². The third-order valence-electron chi connectivity index (χ3n) is 5.99. The summed E-state index contributed by atoms with van der Waals surface area (Å²) in [6.45, 7) is 5.48. The lowest BCUT2D eigenvalue weighted by Crippen LogP contribution is -2.51. The first-order chi connectivity index (χ1) is 14.6. The quantitative estimate of drug-likeness (QED) is 0.798. The molecular formula is C23H27ClN4O2.